The summed E-state index contributed by atoms with van der Waals surface area (Å²) in [6, 6.07) is 14.0. The molecular weight excluding hydrogens is 369 g/mol. The molecule has 0 aliphatic carbocycles. The summed E-state index contributed by atoms with van der Waals surface area (Å²) < 4.78 is 15.9. The van der Waals surface area contributed by atoms with E-state index in [1.165, 1.54) is 18.5 Å². The van der Waals surface area contributed by atoms with Crippen molar-refractivity contribution in [2.75, 3.05) is 11.1 Å². The summed E-state index contributed by atoms with van der Waals surface area (Å²) in [4.78, 5) is 12.7. The van der Waals surface area contributed by atoms with Gasteiger partial charge in [0.15, 0.2) is 0 Å². The number of fused-ring (bicyclic) bond motifs is 1. The number of nitrogens with one attached hydrogen (secondary N) is 1. The normalized spacial score (nSPS) is 11.9. The molecule has 1 atom stereocenters. The van der Waals surface area contributed by atoms with Gasteiger partial charge in [0.1, 0.15) is 41.2 Å². The van der Waals surface area contributed by atoms with Gasteiger partial charge >= 0.3 is 0 Å². The Kier molecular flexibility index (Phi) is 4.56. The van der Waals surface area contributed by atoms with Gasteiger partial charge in [-0.3, -0.25) is 4.57 Å². The number of rotatable bonds is 4. The first-order chi connectivity index (χ1) is 14.0. The largest absolute Gasteiger partial charge is 0.382 e. The third-order valence-electron chi connectivity index (χ3n) is 4.73. The van der Waals surface area contributed by atoms with Gasteiger partial charge in [0.2, 0.25) is 0 Å². The Morgan fingerprint density at radius 2 is 2.00 bits per heavy atom. The number of nitrogens with zero attached hydrogens (tertiary/aromatic N) is 5. The van der Waals surface area contributed by atoms with Gasteiger partial charge in [-0.05, 0) is 37.6 Å². The van der Waals surface area contributed by atoms with Crippen LogP contribution >= 0.6 is 0 Å². The first-order valence-electron chi connectivity index (χ1n) is 9.00. The van der Waals surface area contributed by atoms with E-state index in [1.807, 2.05) is 48.7 Å². The van der Waals surface area contributed by atoms with Crippen molar-refractivity contribution < 1.29 is 4.39 Å². The summed E-state index contributed by atoms with van der Waals surface area (Å²) in [6.07, 6.45) is 1.30. The van der Waals surface area contributed by atoms with E-state index in [2.05, 4.69) is 15.3 Å². The lowest BCUT2D eigenvalue weighted by Crippen LogP contribution is -2.16. The first kappa shape index (κ1) is 18.4. The summed E-state index contributed by atoms with van der Waals surface area (Å²) in [6.45, 7) is 3.88. The van der Waals surface area contributed by atoms with E-state index in [0.29, 0.717) is 22.7 Å². The number of nitrogen functional groups attached to an aromatic ring is 1. The number of benzene rings is 2. The summed E-state index contributed by atoms with van der Waals surface area (Å²) in [5.41, 5.74) is 9.20. The highest BCUT2D eigenvalue weighted by Gasteiger charge is 2.21. The van der Waals surface area contributed by atoms with Gasteiger partial charge in [0.25, 0.3) is 0 Å². The molecule has 144 valence electrons. The van der Waals surface area contributed by atoms with Crippen LogP contribution in [0.4, 0.5) is 16.0 Å². The molecule has 0 saturated carbocycles. The Labute approximate surface area is 166 Å². The number of imidazole rings is 1. The zero-order valence-corrected chi connectivity index (χ0v) is 15.9. The lowest BCUT2D eigenvalue weighted by molar-refractivity contribution is 0.629. The van der Waals surface area contributed by atoms with Gasteiger partial charge in [-0.1, -0.05) is 18.2 Å². The van der Waals surface area contributed by atoms with Crippen molar-refractivity contribution in [2.45, 2.75) is 19.9 Å². The van der Waals surface area contributed by atoms with Gasteiger partial charge in [0.05, 0.1) is 22.8 Å². The van der Waals surface area contributed by atoms with Gasteiger partial charge < -0.3 is 11.1 Å². The summed E-state index contributed by atoms with van der Waals surface area (Å²) in [5, 5.41) is 12.6. The molecule has 29 heavy (non-hydrogen) atoms. The molecule has 0 bridgehead atoms. The lowest BCUT2D eigenvalue weighted by Gasteiger charge is -2.18. The van der Waals surface area contributed by atoms with Crippen molar-refractivity contribution in [1.29, 1.82) is 5.26 Å². The van der Waals surface area contributed by atoms with Crippen LogP contribution < -0.4 is 11.1 Å². The molecule has 2 heterocycles. The first-order valence-corrected chi connectivity index (χ1v) is 9.00. The van der Waals surface area contributed by atoms with Crippen LogP contribution in [0, 0.1) is 24.1 Å². The van der Waals surface area contributed by atoms with Crippen molar-refractivity contribution in [3.63, 3.8) is 0 Å². The van der Waals surface area contributed by atoms with E-state index in [0.717, 1.165) is 11.3 Å². The highest BCUT2D eigenvalue weighted by atomic mass is 19.1. The van der Waals surface area contributed by atoms with Crippen LogP contribution in [0.5, 0.6) is 0 Å². The van der Waals surface area contributed by atoms with Crippen molar-refractivity contribution in [3.8, 4) is 11.8 Å². The monoisotopic (exact) mass is 387 g/mol. The van der Waals surface area contributed by atoms with Gasteiger partial charge in [-0.2, -0.15) is 5.26 Å². The molecule has 0 spiro atoms. The van der Waals surface area contributed by atoms with E-state index >= 15 is 0 Å². The maximum Gasteiger partial charge on any atom is 0.150 e. The van der Waals surface area contributed by atoms with E-state index < -0.39 is 0 Å². The van der Waals surface area contributed by atoms with Crippen LogP contribution in [0.25, 0.3) is 16.7 Å². The van der Waals surface area contributed by atoms with Gasteiger partial charge in [-0.15, -0.1) is 0 Å². The fourth-order valence-corrected chi connectivity index (χ4v) is 3.31. The van der Waals surface area contributed by atoms with Crippen LogP contribution in [-0.2, 0) is 0 Å². The molecule has 0 aliphatic rings. The zero-order chi connectivity index (χ0) is 20.5. The molecule has 0 amide bonds. The minimum Gasteiger partial charge on any atom is -0.382 e. The molecule has 0 radical (unpaired) electrons. The van der Waals surface area contributed by atoms with Crippen LogP contribution in [0.2, 0.25) is 0 Å². The van der Waals surface area contributed by atoms with E-state index in [1.54, 1.807) is 6.07 Å². The lowest BCUT2D eigenvalue weighted by atomic mass is 10.2. The van der Waals surface area contributed by atoms with Crippen molar-refractivity contribution in [3.05, 3.63) is 71.6 Å². The zero-order valence-electron chi connectivity index (χ0n) is 15.9. The van der Waals surface area contributed by atoms with Gasteiger partial charge in [0, 0.05) is 6.07 Å². The Morgan fingerprint density at radius 3 is 2.76 bits per heavy atom. The molecule has 8 heteroatoms. The van der Waals surface area contributed by atoms with Gasteiger partial charge in [-0.25, -0.2) is 19.3 Å². The number of para-hydroxylation sites is 1. The maximum atomic E-state index is 14.0. The van der Waals surface area contributed by atoms with Crippen molar-refractivity contribution in [1.82, 2.24) is 19.5 Å². The van der Waals surface area contributed by atoms with Crippen molar-refractivity contribution >= 4 is 22.7 Å². The molecule has 0 aliphatic heterocycles. The molecule has 0 saturated heterocycles. The Hall–Kier alpha value is -3.99. The average Bonchev–Trinajstić information content (AvgIpc) is 3.07. The molecule has 7 nitrogen and oxygen atoms in total. The molecule has 0 unspecified atom stereocenters. The van der Waals surface area contributed by atoms with E-state index in [9.17, 15) is 9.65 Å². The average molecular weight is 387 g/mol. The number of nitrogens with two attached hydrogens (primary N) is 1. The van der Waals surface area contributed by atoms with E-state index in [-0.39, 0.29) is 23.2 Å². The Bertz CT molecular complexity index is 1260. The Balaban J connectivity index is 1.88. The van der Waals surface area contributed by atoms with E-state index in [4.69, 9.17) is 10.7 Å². The number of halogens is 1. The number of anilines is 2. The smallest absolute Gasteiger partial charge is 0.150 e. The van der Waals surface area contributed by atoms with Crippen LogP contribution in [0.1, 0.15) is 29.9 Å². The second kappa shape index (κ2) is 7.20. The quantitative estimate of drug-likeness (QED) is 0.550. The van der Waals surface area contributed by atoms with Crippen LogP contribution in [0.3, 0.4) is 0 Å². The Morgan fingerprint density at radius 1 is 1.21 bits per heavy atom. The molecular formula is C21H18FN7. The minimum atomic E-state index is -0.355. The number of hydrogen-bond donors (Lipinski definition) is 2. The fraction of sp³-hybridized carbons (Fsp3) is 0.143. The molecule has 4 rings (SSSR count). The highest BCUT2D eigenvalue weighted by Crippen LogP contribution is 2.29. The number of aromatic nitrogens is 4. The predicted molar refractivity (Wildman–Crippen MR) is 109 cm³/mol. The fourth-order valence-electron chi connectivity index (χ4n) is 3.31. The summed E-state index contributed by atoms with van der Waals surface area (Å²) >= 11 is 0. The number of hydrogen-bond acceptors (Lipinski definition) is 6. The minimum absolute atomic E-state index is 0.103. The summed E-state index contributed by atoms with van der Waals surface area (Å²) in [7, 11) is 0. The van der Waals surface area contributed by atoms with Crippen LogP contribution in [0.15, 0.2) is 48.8 Å². The molecule has 0 fully saturated rings. The standard InChI is InChI=1S/C21H18FN7/c1-12-5-3-4-6-17(12)29-18-9-14(22)7-8-16(18)28-21(29)13(2)27-20-15(10-23)19(24)25-11-26-20/h3-9,11,13H,1-2H3,(H3,24,25,26,27)/t13-/m0/s1. The number of aryl methyl sites for hydroxylation is 1. The second-order valence-electron chi connectivity index (χ2n) is 6.69. The predicted octanol–water partition coefficient (Wildman–Crippen LogP) is 3.89. The van der Waals surface area contributed by atoms with Crippen LogP contribution in [-0.4, -0.2) is 19.5 Å². The third-order valence-corrected chi connectivity index (χ3v) is 4.73. The molecule has 3 N–H and O–H groups in total. The number of nitriles is 1. The second-order valence-corrected chi connectivity index (χ2v) is 6.69. The third kappa shape index (κ3) is 3.23. The maximum absolute atomic E-state index is 14.0. The SMILES string of the molecule is Cc1ccccc1-n1c([C@H](C)Nc2ncnc(N)c2C#N)nc2ccc(F)cc21. The molecule has 4 aromatic rings. The highest BCUT2D eigenvalue weighted by molar-refractivity contribution is 5.79. The topological polar surface area (TPSA) is 105 Å². The molecule has 2 aromatic carbocycles. The molecule has 2 aromatic heterocycles. The van der Waals surface area contributed by atoms with Crippen molar-refractivity contribution in [2.24, 2.45) is 0 Å². The summed E-state index contributed by atoms with van der Waals surface area (Å²) in [5.74, 6) is 0.740.